The van der Waals surface area contributed by atoms with Gasteiger partial charge in [-0.25, -0.2) is 0 Å². The van der Waals surface area contributed by atoms with Crippen molar-refractivity contribution in [2.24, 2.45) is 11.8 Å². The highest BCUT2D eigenvalue weighted by Crippen LogP contribution is 2.27. The molecule has 0 bridgehead atoms. The van der Waals surface area contributed by atoms with Crippen LogP contribution < -0.4 is 10.6 Å². The van der Waals surface area contributed by atoms with Crippen LogP contribution >= 0.6 is 15.9 Å². The van der Waals surface area contributed by atoms with E-state index in [4.69, 9.17) is 0 Å². The molecule has 1 saturated carbocycles. The van der Waals surface area contributed by atoms with Crippen LogP contribution in [0.25, 0.3) is 0 Å². The van der Waals surface area contributed by atoms with Crippen LogP contribution in [0.2, 0.25) is 0 Å². The lowest BCUT2D eigenvalue weighted by Crippen LogP contribution is -2.33. The Morgan fingerprint density at radius 3 is 3.00 bits per heavy atom. The first-order valence-corrected chi connectivity index (χ1v) is 8.19. The van der Waals surface area contributed by atoms with E-state index in [1.807, 2.05) is 24.3 Å². The van der Waals surface area contributed by atoms with Gasteiger partial charge in [-0.1, -0.05) is 41.8 Å². The fraction of sp³-hybridized carbons (Fsp3) is 0.562. The Morgan fingerprint density at radius 1 is 1.40 bits per heavy atom. The van der Waals surface area contributed by atoms with Crippen LogP contribution in [0.5, 0.6) is 0 Å². The number of nitrogens with one attached hydrogen (secondary N) is 2. The maximum atomic E-state index is 11.8. The first kappa shape index (κ1) is 15.5. The van der Waals surface area contributed by atoms with E-state index in [-0.39, 0.29) is 5.91 Å². The molecule has 1 aromatic rings. The Balaban J connectivity index is 1.67. The summed E-state index contributed by atoms with van der Waals surface area (Å²) in [6.45, 7) is 3.67. The van der Waals surface area contributed by atoms with Gasteiger partial charge < -0.3 is 10.6 Å². The zero-order valence-electron chi connectivity index (χ0n) is 12.0. The summed E-state index contributed by atoms with van der Waals surface area (Å²) in [4.78, 5) is 11.8. The summed E-state index contributed by atoms with van der Waals surface area (Å²) in [6, 6.07) is 7.65. The minimum atomic E-state index is 0.0203. The second-order valence-electron chi connectivity index (χ2n) is 5.83. The molecule has 0 aromatic heterocycles. The average molecular weight is 339 g/mol. The van der Waals surface area contributed by atoms with Crippen molar-refractivity contribution >= 4 is 27.5 Å². The third-order valence-corrected chi connectivity index (χ3v) is 4.37. The van der Waals surface area contributed by atoms with E-state index < -0.39 is 0 Å². The molecule has 0 heterocycles. The highest BCUT2D eigenvalue weighted by Gasteiger charge is 2.18. The monoisotopic (exact) mass is 338 g/mol. The van der Waals surface area contributed by atoms with Gasteiger partial charge >= 0.3 is 0 Å². The number of rotatable bonds is 5. The molecule has 1 fully saturated rings. The largest absolute Gasteiger partial charge is 0.325 e. The first-order chi connectivity index (χ1) is 9.63. The third kappa shape index (κ3) is 5.25. The Labute approximate surface area is 129 Å². The highest BCUT2D eigenvalue weighted by molar-refractivity contribution is 9.10. The summed E-state index contributed by atoms with van der Waals surface area (Å²) in [6.07, 6.45) is 5.28. The van der Waals surface area contributed by atoms with Crippen molar-refractivity contribution in [3.63, 3.8) is 0 Å². The minimum absolute atomic E-state index is 0.0203. The Hall–Kier alpha value is -0.870. The van der Waals surface area contributed by atoms with Crippen LogP contribution in [-0.4, -0.2) is 19.0 Å². The van der Waals surface area contributed by atoms with Crippen LogP contribution in [-0.2, 0) is 4.79 Å². The van der Waals surface area contributed by atoms with E-state index in [1.165, 1.54) is 25.7 Å². The number of hydrogen-bond donors (Lipinski definition) is 2. The normalized spacial score (nSPS) is 22.5. The minimum Gasteiger partial charge on any atom is -0.325 e. The molecule has 1 aliphatic carbocycles. The van der Waals surface area contributed by atoms with E-state index in [0.717, 1.165) is 28.5 Å². The second-order valence-corrected chi connectivity index (χ2v) is 6.74. The summed E-state index contributed by atoms with van der Waals surface area (Å²) >= 11 is 3.40. The van der Waals surface area contributed by atoms with Crippen molar-refractivity contribution in [3.05, 3.63) is 28.7 Å². The van der Waals surface area contributed by atoms with Crippen LogP contribution in [0.1, 0.15) is 32.6 Å². The van der Waals surface area contributed by atoms with Gasteiger partial charge in [0.25, 0.3) is 0 Å². The summed E-state index contributed by atoms with van der Waals surface area (Å²) in [5.41, 5.74) is 0.831. The number of hydrogen-bond acceptors (Lipinski definition) is 2. The van der Waals surface area contributed by atoms with Crippen LogP contribution in [0.4, 0.5) is 5.69 Å². The molecular weight excluding hydrogens is 316 g/mol. The molecule has 1 aromatic carbocycles. The maximum Gasteiger partial charge on any atom is 0.238 e. The molecular formula is C16H23BrN2O. The zero-order chi connectivity index (χ0) is 14.4. The molecule has 0 spiro atoms. The number of anilines is 1. The van der Waals surface area contributed by atoms with E-state index in [0.29, 0.717) is 6.54 Å². The predicted molar refractivity (Wildman–Crippen MR) is 86.8 cm³/mol. The fourth-order valence-electron chi connectivity index (χ4n) is 2.91. The molecule has 2 rings (SSSR count). The van der Waals surface area contributed by atoms with E-state index in [1.54, 1.807) is 0 Å². The molecule has 3 nitrogen and oxygen atoms in total. The lowest BCUT2D eigenvalue weighted by atomic mass is 9.82. The van der Waals surface area contributed by atoms with Gasteiger partial charge in [0.05, 0.1) is 6.54 Å². The standard InChI is InChI=1S/C16H23BrN2O/c1-12-4-2-5-13(8-12)10-18-11-16(20)19-15-7-3-6-14(17)9-15/h3,6-7,9,12-13,18H,2,4-5,8,10-11H2,1H3,(H,19,20). The second kappa shape index (κ2) is 7.79. The van der Waals surface area contributed by atoms with Crippen molar-refractivity contribution in [2.75, 3.05) is 18.4 Å². The molecule has 20 heavy (non-hydrogen) atoms. The van der Waals surface area contributed by atoms with Crippen LogP contribution in [0, 0.1) is 11.8 Å². The summed E-state index contributed by atoms with van der Waals surface area (Å²) in [5, 5.41) is 6.18. The molecule has 0 saturated heterocycles. The zero-order valence-corrected chi connectivity index (χ0v) is 13.6. The Kier molecular flexibility index (Phi) is 6.05. The number of carbonyl (C=O) groups excluding carboxylic acids is 1. The molecule has 2 atom stereocenters. The van der Waals surface area contributed by atoms with Crippen LogP contribution in [0.3, 0.4) is 0 Å². The number of benzene rings is 1. The number of halogens is 1. The molecule has 2 unspecified atom stereocenters. The van der Waals surface area contributed by atoms with Crippen molar-refractivity contribution in [3.8, 4) is 0 Å². The fourth-order valence-corrected chi connectivity index (χ4v) is 3.31. The van der Waals surface area contributed by atoms with Crippen molar-refractivity contribution in [2.45, 2.75) is 32.6 Å². The molecule has 1 aliphatic rings. The topological polar surface area (TPSA) is 41.1 Å². The molecule has 4 heteroatoms. The first-order valence-electron chi connectivity index (χ1n) is 7.39. The number of amides is 1. The summed E-state index contributed by atoms with van der Waals surface area (Å²) in [5.74, 6) is 1.59. The van der Waals surface area contributed by atoms with E-state index in [2.05, 4.69) is 33.5 Å². The van der Waals surface area contributed by atoms with Gasteiger partial charge in [0.15, 0.2) is 0 Å². The van der Waals surface area contributed by atoms with Gasteiger partial charge in [0.1, 0.15) is 0 Å². The average Bonchev–Trinajstić information content (AvgIpc) is 2.38. The smallest absolute Gasteiger partial charge is 0.238 e. The molecule has 110 valence electrons. The highest BCUT2D eigenvalue weighted by atomic mass is 79.9. The van der Waals surface area contributed by atoms with E-state index in [9.17, 15) is 4.79 Å². The maximum absolute atomic E-state index is 11.8. The lowest BCUT2D eigenvalue weighted by Gasteiger charge is -2.26. The van der Waals surface area contributed by atoms with Gasteiger partial charge in [-0.05, 0) is 49.4 Å². The van der Waals surface area contributed by atoms with Crippen LogP contribution in [0.15, 0.2) is 28.7 Å². The summed E-state index contributed by atoms with van der Waals surface area (Å²) < 4.78 is 0.972. The number of carbonyl (C=O) groups is 1. The van der Waals surface area contributed by atoms with Crippen molar-refractivity contribution in [1.82, 2.24) is 5.32 Å². The van der Waals surface area contributed by atoms with Gasteiger partial charge in [0.2, 0.25) is 5.91 Å². The molecule has 0 radical (unpaired) electrons. The molecule has 1 amide bonds. The van der Waals surface area contributed by atoms with Crippen molar-refractivity contribution in [1.29, 1.82) is 0 Å². The Bertz CT molecular complexity index is 450. The Morgan fingerprint density at radius 2 is 2.25 bits per heavy atom. The summed E-state index contributed by atoms with van der Waals surface area (Å²) in [7, 11) is 0. The molecule has 2 N–H and O–H groups in total. The van der Waals surface area contributed by atoms with Gasteiger partial charge in [-0.3, -0.25) is 4.79 Å². The lowest BCUT2D eigenvalue weighted by molar-refractivity contribution is -0.115. The third-order valence-electron chi connectivity index (χ3n) is 3.87. The van der Waals surface area contributed by atoms with Gasteiger partial charge in [-0.15, -0.1) is 0 Å². The van der Waals surface area contributed by atoms with Crippen molar-refractivity contribution < 1.29 is 4.79 Å². The quantitative estimate of drug-likeness (QED) is 0.857. The SMILES string of the molecule is CC1CCCC(CNCC(=O)Nc2cccc(Br)c2)C1. The van der Waals surface area contributed by atoms with Gasteiger partial charge in [0, 0.05) is 10.2 Å². The van der Waals surface area contributed by atoms with E-state index >= 15 is 0 Å². The van der Waals surface area contributed by atoms with Gasteiger partial charge in [-0.2, -0.15) is 0 Å². The predicted octanol–water partition coefficient (Wildman–Crippen LogP) is 3.80. The molecule has 0 aliphatic heterocycles.